The van der Waals surface area contributed by atoms with Crippen molar-refractivity contribution in [2.75, 3.05) is 20.2 Å². The second kappa shape index (κ2) is 16.1. The van der Waals surface area contributed by atoms with Crippen molar-refractivity contribution in [3.05, 3.63) is 102 Å². The Labute approximate surface area is 278 Å². The van der Waals surface area contributed by atoms with Gasteiger partial charge >= 0.3 is 0 Å². The summed E-state index contributed by atoms with van der Waals surface area (Å²) >= 11 is 0. The van der Waals surface area contributed by atoms with Gasteiger partial charge in [-0.25, -0.2) is 0 Å². The first-order valence-electron chi connectivity index (χ1n) is 16.8. The molecule has 1 heterocycles. The third kappa shape index (κ3) is 9.42. The molecule has 0 bridgehead atoms. The lowest BCUT2D eigenvalue weighted by molar-refractivity contribution is -0.143. The van der Waals surface area contributed by atoms with Gasteiger partial charge in [-0.1, -0.05) is 85.6 Å². The maximum atomic E-state index is 14.3. The minimum absolute atomic E-state index is 0.187. The SMILES string of the molecule is COc1cccc(CNCC(O)[C@H](Cc2ccccc2)NC(=O)[C@@H](CCc2ccccc2)N2CC[C@](CC3CC3)(NC(C)=O)C2=O)c1. The molecule has 2 fully saturated rings. The van der Waals surface area contributed by atoms with Crippen molar-refractivity contribution in [1.82, 2.24) is 20.9 Å². The first kappa shape index (κ1) is 34.1. The zero-order valence-electron chi connectivity index (χ0n) is 27.5. The van der Waals surface area contributed by atoms with E-state index >= 15 is 0 Å². The van der Waals surface area contributed by atoms with E-state index in [2.05, 4.69) is 16.0 Å². The monoisotopic (exact) mass is 640 g/mol. The third-order valence-corrected chi connectivity index (χ3v) is 9.33. The van der Waals surface area contributed by atoms with E-state index in [0.717, 1.165) is 35.3 Å². The van der Waals surface area contributed by atoms with Crippen molar-refractivity contribution in [2.24, 2.45) is 5.92 Å². The molecule has 1 aliphatic carbocycles. The summed E-state index contributed by atoms with van der Waals surface area (Å²) in [5.74, 6) is 0.451. The number of nitrogens with one attached hydrogen (secondary N) is 3. The number of benzene rings is 3. The van der Waals surface area contributed by atoms with Crippen molar-refractivity contribution in [3.63, 3.8) is 0 Å². The first-order valence-corrected chi connectivity index (χ1v) is 16.8. The fourth-order valence-corrected chi connectivity index (χ4v) is 6.70. The molecule has 9 heteroatoms. The number of aryl methyl sites for hydroxylation is 1. The molecule has 1 unspecified atom stereocenters. The molecule has 2 aliphatic rings. The number of aliphatic hydroxyl groups is 1. The van der Waals surface area contributed by atoms with E-state index in [9.17, 15) is 19.5 Å². The second-order valence-corrected chi connectivity index (χ2v) is 13.1. The Balaban J connectivity index is 1.34. The van der Waals surface area contributed by atoms with Crippen LogP contribution in [-0.2, 0) is 33.8 Å². The van der Waals surface area contributed by atoms with E-state index in [4.69, 9.17) is 4.74 Å². The summed E-state index contributed by atoms with van der Waals surface area (Å²) < 4.78 is 5.33. The van der Waals surface area contributed by atoms with Gasteiger partial charge in [-0.05, 0) is 66.8 Å². The Morgan fingerprint density at radius 3 is 2.32 bits per heavy atom. The van der Waals surface area contributed by atoms with Gasteiger partial charge in [0.15, 0.2) is 0 Å². The Bertz CT molecular complexity index is 1480. The molecule has 1 aliphatic heterocycles. The second-order valence-electron chi connectivity index (χ2n) is 13.1. The lowest BCUT2D eigenvalue weighted by atomic mass is 9.90. The number of rotatable bonds is 17. The molecule has 5 rings (SSSR count). The summed E-state index contributed by atoms with van der Waals surface area (Å²) in [6.07, 6.45) is 3.72. The van der Waals surface area contributed by atoms with Gasteiger partial charge < -0.3 is 30.7 Å². The van der Waals surface area contributed by atoms with Gasteiger partial charge in [-0.2, -0.15) is 0 Å². The highest BCUT2D eigenvalue weighted by Crippen LogP contribution is 2.41. The molecule has 0 radical (unpaired) electrons. The molecule has 1 saturated carbocycles. The van der Waals surface area contributed by atoms with Crippen LogP contribution in [0.25, 0.3) is 0 Å². The molecule has 0 aromatic heterocycles. The number of hydrogen-bond acceptors (Lipinski definition) is 6. The lowest BCUT2D eigenvalue weighted by Crippen LogP contribution is -2.59. The smallest absolute Gasteiger partial charge is 0.249 e. The van der Waals surface area contributed by atoms with Crippen molar-refractivity contribution in [3.8, 4) is 5.75 Å². The summed E-state index contributed by atoms with van der Waals surface area (Å²) in [6, 6.07) is 26.1. The Hall–Kier alpha value is -4.21. The number of carbonyl (C=O) groups excluding carboxylic acids is 3. The van der Waals surface area contributed by atoms with Crippen molar-refractivity contribution >= 4 is 17.7 Å². The highest BCUT2D eigenvalue weighted by Gasteiger charge is 2.52. The van der Waals surface area contributed by atoms with Crippen LogP contribution in [0.4, 0.5) is 0 Å². The number of carbonyl (C=O) groups is 3. The number of hydrogen-bond donors (Lipinski definition) is 4. The predicted octanol–water partition coefficient (Wildman–Crippen LogP) is 3.78. The molecule has 250 valence electrons. The fraction of sp³-hybridized carbons (Fsp3) is 0.447. The zero-order valence-corrected chi connectivity index (χ0v) is 27.5. The Morgan fingerprint density at radius 1 is 0.979 bits per heavy atom. The molecule has 9 nitrogen and oxygen atoms in total. The zero-order chi connectivity index (χ0) is 33.2. The van der Waals surface area contributed by atoms with Crippen LogP contribution in [0.1, 0.15) is 55.7 Å². The van der Waals surface area contributed by atoms with E-state index < -0.39 is 23.7 Å². The van der Waals surface area contributed by atoms with Crippen molar-refractivity contribution < 1.29 is 24.2 Å². The standard InChI is InChI=1S/C38H48N4O5/c1-27(43)41-38(24-30-16-17-30)20-21-42(37(38)46)34(19-18-28-10-5-3-6-11-28)36(45)40-33(23-29-12-7-4-8-13-29)35(44)26-39-25-31-14-9-15-32(22-31)47-2/h3-15,22,30,33-35,39,44H,16-21,23-26H2,1-2H3,(H,40,45)(H,41,43)/t33-,34+,35?,38+/m0/s1. The molecule has 4 N–H and O–H groups in total. The maximum absolute atomic E-state index is 14.3. The van der Waals surface area contributed by atoms with E-state index in [-0.39, 0.29) is 24.3 Å². The first-order chi connectivity index (χ1) is 22.8. The van der Waals surface area contributed by atoms with E-state index in [1.807, 2.05) is 84.9 Å². The average molecular weight is 641 g/mol. The van der Waals surface area contributed by atoms with Gasteiger partial charge in [-0.15, -0.1) is 0 Å². The number of likely N-dealkylation sites (tertiary alicyclic amines) is 1. The third-order valence-electron chi connectivity index (χ3n) is 9.33. The van der Waals surface area contributed by atoms with Crippen LogP contribution in [0, 0.1) is 5.92 Å². The van der Waals surface area contributed by atoms with Crippen LogP contribution >= 0.6 is 0 Å². The summed E-state index contributed by atoms with van der Waals surface area (Å²) in [5.41, 5.74) is 2.09. The Kier molecular flexibility index (Phi) is 11.7. The topological polar surface area (TPSA) is 120 Å². The molecule has 4 atom stereocenters. The molecule has 3 aromatic rings. The van der Waals surface area contributed by atoms with E-state index in [1.54, 1.807) is 12.0 Å². The maximum Gasteiger partial charge on any atom is 0.249 e. The Morgan fingerprint density at radius 2 is 1.66 bits per heavy atom. The normalized spacial score (nSPS) is 19.6. The van der Waals surface area contributed by atoms with Crippen LogP contribution < -0.4 is 20.7 Å². The summed E-state index contributed by atoms with van der Waals surface area (Å²) in [7, 11) is 1.63. The van der Waals surface area contributed by atoms with Crippen LogP contribution in [-0.4, -0.2) is 71.7 Å². The minimum atomic E-state index is -0.981. The number of methoxy groups -OCH3 is 1. The van der Waals surface area contributed by atoms with Crippen molar-refractivity contribution in [2.45, 2.75) is 82.1 Å². The number of ether oxygens (including phenoxy) is 1. The fourth-order valence-electron chi connectivity index (χ4n) is 6.70. The number of aliphatic hydroxyl groups excluding tert-OH is 1. The van der Waals surface area contributed by atoms with Gasteiger partial charge in [0.05, 0.1) is 19.3 Å². The summed E-state index contributed by atoms with van der Waals surface area (Å²) in [4.78, 5) is 42.4. The van der Waals surface area contributed by atoms with E-state index in [1.165, 1.54) is 6.92 Å². The average Bonchev–Trinajstić information content (AvgIpc) is 3.84. The number of nitrogens with zero attached hydrogens (tertiary/aromatic N) is 1. The number of amides is 3. The minimum Gasteiger partial charge on any atom is -0.497 e. The molecule has 3 amide bonds. The van der Waals surface area contributed by atoms with Crippen LogP contribution in [0.5, 0.6) is 5.75 Å². The van der Waals surface area contributed by atoms with E-state index in [0.29, 0.717) is 51.1 Å². The van der Waals surface area contributed by atoms with Crippen LogP contribution in [0.2, 0.25) is 0 Å². The predicted molar refractivity (Wildman–Crippen MR) is 182 cm³/mol. The highest BCUT2D eigenvalue weighted by molar-refractivity contribution is 5.96. The molecule has 0 spiro atoms. The van der Waals surface area contributed by atoms with Gasteiger partial charge in [0.2, 0.25) is 17.7 Å². The molecule has 3 aromatic carbocycles. The quantitative estimate of drug-likeness (QED) is 0.178. The molecule has 47 heavy (non-hydrogen) atoms. The summed E-state index contributed by atoms with van der Waals surface area (Å²) in [6.45, 7) is 2.60. The molecule has 1 saturated heterocycles. The molecular formula is C38H48N4O5. The van der Waals surface area contributed by atoms with Crippen LogP contribution in [0.15, 0.2) is 84.9 Å². The lowest BCUT2D eigenvalue weighted by Gasteiger charge is -2.33. The largest absolute Gasteiger partial charge is 0.497 e. The van der Waals surface area contributed by atoms with Gasteiger partial charge in [0.1, 0.15) is 17.3 Å². The highest BCUT2D eigenvalue weighted by atomic mass is 16.5. The van der Waals surface area contributed by atoms with Crippen LogP contribution in [0.3, 0.4) is 0 Å². The van der Waals surface area contributed by atoms with Gasteiger partial charge in [-0.3, -0.25) is 14.4 Å². The summed E-state index contributed by atoms with van der Waals surface area (Å²) in [5, 5.41) is 20.9. The van der Waals surface area contributed by atoms with Gasteiger partial charge in [0, 0.05) is 26.6 Å². The van der Waals surface area contributed by atoms with Crippen molar-refractivity contribution in [1.29, 1.82) is 0 Å². The molecular weight excluding hydrogens is 592 g/mol. The van der Waals surface area contributed by atoms with Gasteiger partial charge in [0.25, 0.3) is 0 Å².